The molecule has 1 fully saturated rings. The van der Waals surface area contributed by atoms with Crippen LogP contribution in [0.15, 0.2) is 24.3 Å². The van der Waals surface area contributed by atoms with E-state index in [0.717, 1.165) is 25.8 Å². The number of rotatable bonds is 7. The second-order valence-electron chi connectivity index (χ2n) is 5.46. The highest BCUT2D eigenvalue weighted by atomic mass is 35.5. The normalized spacial score (nSPS) is 18.9. The molecule has 0 unspecified atom stereocenters. The summed E-state index contributed by atoms with van der Waals surface area (Å²) in [6.07, 6.45) is 3.17. The maximum Gasteiger partial charge on any atom is 0.234 e. The number of ether oxygens (including phenoxy) is 1. The van der Waals surface area contributed by atoms with E-state index in [4.69, 9.17) is 16.3 Å². The van der Waals surface area contributed by atoms with Crippen LogP contribution in [0.25, 0.3) is 0 Å². The lowest BCUT2D eigenvalue weighted by atomic mass is 10.0. The molecule has 0 bridgehead atoms. The topological polar surface area (TPSA) is 61.8 Å². The van der Waals surface area contributed by atoms with E-state index < -0.39 is 0 Å². The Morgan fingerprint density at radius 3 is 3.09 bits per heavy atom. The lowest BCUT2D eigenvalue weighted by molar-refractivity contribution is -0.123. The van der Waals surface area contributed by atoms with Gasteiger partial charge in [0.1, 0.15) is 12.4 Å². The number of hydrogen-bond donors (Lipinski definition) is 2. The number of halogens is 1. The largest absolute Gasteiger partial charge is 0.492 e. The van der Waals surface area contributed by atoms with Gasteiger partial charge in [0.15, 0.2) is 0 Å². The van der Waals surface area contributed by atoms with Gasteiger partial charge in [0.25, 0.3) is 0 Å². The van der Waals surface area contributed by atoms with Gasteiger partial charge in [-0.15, -0.1) is 0 Å². The van der Waals surface area contributed by atoms with Gasteiger partial charge in [0.05, 0.1) is 19.7 Å². The fourth-order valence-electron chi connectivity index (χ4n) is 2.63. The maximum absolute atomic E-state index is 11.9. The fourth-order valence-corrected chi connectivity index (χ4v) is 2.81. The molecule has 0 saturated carbocycles. The van der Waals surface area contributed by atoms with E-state index in [0.29, 0.717) is 30.5 Å². The van der Waals surface area contributed by atoms with E-state index in [1.165, 1.54) is 0 Å². The molecule has 1 atom stereocenters. The summed E-state index contributed by atoms with van der Waals surface area (Å²) in [6, 6.07) is 7.28. The van der Waals surface area contributed by atoms with E-state index >= 15 is 0 Å². The Hall–Kier alpha value is -1.30. The van der Waals surface area contributed by atoms with Gasteiger partial charge in [-0.2, -0.15) is 0 Å². The van der Waals surface area contributed by atoms with Crippen LogP contribution in [0.4, 0.5) is 0 Å². The molecule has 6 heteroatoms. The highest BCUT2D eigenvalue weighted by Crippen LogP contribution is 2.17. The van der Waals surface area contributed by atoms with Crippen molar-refractivity contribution in [3.63, 3.8) is 0 Å². The molecular weight excluding hydrogens is 304 g/mol. The van der Waals surface area contributed by atoms with E-state index in [2.05, 4.69) is 10.2 Å². The third-order valence-electron chi connectivity index (χ3n) is 3.80. The number of benzene rings is 1. The van der Waals surface area contributed by atoms with Gasteiger partial charge in [0.2, 0.25) is 5.91 Å². The van der Waals surface area contributed by atoms with Gasteiger partial charge in [-0.3, -0.25) is 9.69 Å². The van der Waals surface area contributed by atoms with Crippen LogP contribution < -0.4 is 10.1 Å². The molecule has 1 saturated heterocycles. The van der Waals surface area contributed by atoms with Crippen molar-refractivity contribution < 1.29 is 14.6 Å². The summed E-state index contributed by atoms with van der Waals surface area (Å²) in [4.78, 5) is 14.0. The quantitative estimate of drug-likeness (QED) is 0.748. The van der Waals surface area contributed by atoms with Gasteiger partial charge in [-0.05, 0) is 37.6 Å². The smallest absolute Gasteiger partial charge is 0.234 e. The van der Waals surface area contributed by atoms with Crippen molar-refractivity contribution in [3.8, 4) is 5.75 Å². The maximum atomic E-state index is 11.9. The van der Waals surface area contributed by atoms with Gasteiger partial charge in [-0.25, -0.2) is 0 Å². The molecule has 1 aliphatic heterocycles. The molecule has 1 heterocycles. The predicted molar refractivity (Wildman–Crippen MR) is 86.3 cm³/mol. The number of aliphatic hydroxyl groups is 1. The Balaban J connectivity index is 1.65. The first-order valence-corrected chi connectivity index (χ1v) is 8.07. The summed E-state index contributed by atoms with van der Waals surface area (Å²) < 4.78 is 5.52. The first-order chi connectivity index (χ1) is 10.7. The molecule has 2 N–H and O–H groups in total. The standard InChI is InChI=1S/C16H23ClN2O3/c17-13-4-3-6-15(10-13)22-9-7-18-16(21)11-19-8-2-1-5-14(19)12-20/h3-4,6,10,14,20H,1-2,5,7-9,11-12H2,(H,18,21)/t14-/m1/s1. The molecule has 0 aliphatic carbocycles. The van der Waals surface area contributed by atoms with E-state index in [1.54, 1.807) is 12.1 Å². The van der Waals surface area contributed by atoms with Crippen LogP contribution in [-0.4, -0.2) is 54.8 Å². The van der Waals surface area contributed by atoms with Crippen LogP contribution in [0.2, 0.25) is 5.02 Å². The van der Waals surface area contributed by atoms with E-state index in [-0.39, 0.29) is 18.6 Å². The number of carbonyl (C=O) groups excluding carboxylic acids is 1. The molecule has 0 radical (unpaired) electrons. The predicted octanol–water partition coefficient (Wildman–Crippen LogP) is 1.68. The Kier molecular flexibility index (Phi) is 6.96. The van der Waals surface area contributed by atoms with Crippen LogP contribution in [-0.2, 0) is 4.79 Å². The SMILES string of the molecule is O=C(CN1CCCC[C@@H]1CO)NCCOc1cccc(Cl)c1. The number of aliphatic hydroxyl groups excluding tert-OH is 1. The minimum atomic E-state index is -0.0324. The molecule has 22 heavy (non-hydrogen) atoms. The number of piperidine rings is 1. The number of nitrogens with one attached hydrogen (secondary N) is 1. The van der Waals surface area contributed by atoms with Gasteiger partial charge >= 0.3 is 0 Å². The monoisotopic (exact) mass is 326 g/mol. The lowest BCUT2D eigenvalue weighted by Gasteiger charge is -2.33. The molecule has 2 rings (SSSR count). The highest BCUT2D eigenvalue weighted by molar-refractivity contribution is 6.30. The third kappa shape index (κ3) is 5.48. The van der Waals surface area contributed by atoms with Crippen LogP contribution in [0, 0.1) is 0 Å². The minimum Gasteiger partial charge on any atom is -0.492 e. The van der Waals surface area contributed by atoms with Crippen LogP contribution in [0.5, 0.6) is 5.75 Å². The van der Waals surface area contributed by atoms with E-state index in [1.807, 2.05) is 12.1 Å². The number of nitrogens with zero attached hydrogens (tertiary/aromatic N) is 1. The molecule has 1 aliphatic rings. The lowest BCUT2D eigenvalue weighted by Crippen LogP contribution is -2.47. The Morgan fingerprint density at radius 2 is 2.32 bits per heavy atom. The number of likely N-dealkylation sites (tertiary alicyclic amines) is 1. The minimum absolute atomic E-state index is 0.0324. The molecule has 1 amide bonds. The average molecular weight is 327 g/mol. The van der Waals surface area contributed by atoms with Crippen molar-refractivity contribution >= 4 is 17.5 Å². The first kappa shape index (κ1) is 17.1. The fraction of sp³-hybridized carbons (Fsp3) is 0.562. The summed E-state index contributed by atoms with van der Waals surface area (Å²) >= 11 is 5.87. The summed E-state index contributed by atoms with van der Waals surface area (Å²) in [5.74, 6) is 0.660. The van der Waals surface area contributed by atoms with Crippen molar-refractivity contribution in [2.24, 2.45) is 0 Å². The Morgan fingerprint density at radius 1 is 1.45 bits per heavy atom. The van der Waals surface area contributed by atoms with Crippen molar-refractivity contribution in [2.75, 3.05) is 32.8 Å². The summed E-state index contributed by atoms with van der Waals surface area (Å²) in [6.45, 7) is 2.17. The Labute approximate surface area is 136 Å². The molecular formula is C16H23ClN2O3. The zero-order valence-corrected chi connectivity index (χ0v) is 13.4. The molecule has 5 nitrogen and oxygen atoms in total. The molecule has 0 aromatic heterocycles. The third-order valence-corrected chi connectivity index (χ3v) is 4.03. The first-order valence-electron chi connectivity index (χ1n) is 7.69. The van der Waals surface area contributed by atoms with Gasteiger partial charge in [0, 0.05) is 11.1 Å². The number of carbonyl (C=O) groups is 1. The molecule has 1 aromatic rings. The highest BCUT2D eigenvalue weighted by Gasteiger charge is 2.23. The van der Waals surface area contributed by atoms with Gasteiger partial charge in [-0.1, -0.05) is 24.1 Å². The van der Waals surface area contributed by atoms with Crippen molar-refractivity contribution in [1.29, 1.82) is 0 Å². The second kappa shape index (κ2) is 8.98. The average Bonchev–Trinajstić information content (AvgIpc) is 2.52. The molecule has 1 aromatic carbocycles. The zero-order chi connectivity index (χ0) is 15.8. The van der Waals surface area contributed by atoms with Crippen molar-refractivity contribution in [2.45, 2.75) is 25.3 Å². The molecule has 0 spiro atoms. The summed E-state index contributed by atoms with van der Waals surface area (Å²) in [5, 5.41) is 12.8. The zero-order valence-electron chi connectivity index (χ0n) is 12.6. The van der Waals surface area contributed by atoms with E-state index in [9.17, 15) is 9.90 Å². The van der Waals surface area contributed by atoms with Crippen molar-refractivity contribution in [3.05, 3.63) is 29.3 Å². The van der Waals surface area contributed by atoms with Crippen molar-refractivity contribution in [1.82, 2.24) is 10.2 Å². The summed E-state index contributed by atoms with van der Waals surface area (Å²) in [5.41, 5.74) is 0. The van der Waals surface area contributed by atoms with Crippen LogP contribution >= 0.6 is 11.6 Å². The molecule has 122 valence electrons. The Bertz CT molecular complexity index is 484. The number of amides is 1. The van der Waals surface area contributed by atoms with Crippen LogP contribution in [0.1, 0.15) is 19.3 Å². The summed E-state index contributed by atoms with van der Waals surface area (Å²) in [7, 11) is 0. The van der Waals surface area contributed by atoms with Crippen LogP contribution in [0.3, 0.4) is 0 Å². The number of hydrogen-bond acceptors (Lipinski definition) is 4. The van der Waals surface area contributed by atoms with Gasteiger partial charge < -0.3 is 15.2 Å². The second-order valence-corrected chi connectivity index (χ2v) is 5.89.